The first-order valence-electron chi connectivity index (χ1n) is 13.3. The lowest BCUT2D eigenvalue weighted by atomic mass is 9.76. The molecule has 190 valence electrons. The van der Waals surface area contributed by atoms with Crippen LogP contribution in [0.4, 0.5) is 0 Å². The van der Waals surface area contributed by atoms with Crippen LogP contribution in [0.3, 0.4) is 0 Å². The van der Waals surface area contributed by atoms with Crippen molar-refractivity contribution in [3.05, 3.63) is 29.3 Å². The molecule has 0 aromatic heterocycles. The molecule has 1 aromatic rings. The molecule has 0 spiro atoms. The first kappa shape index (κ1) is 28.6. The van der Waals surface area contributed by atoms with Gasteiger partial charge in [-0.05, 0) is 90.1 Å². The highest BCUT2D eigenvalue weighted by molar-refractivity contribution is 6.77. The van der Waals surface area contributed by atoms with Gasteiger partial charge in [0.25, 0.3) is 0 Å². The van der Waals surface area contributed by atoms with E-state index in [0.29, 0.717) is 16.6 Å². The summed E-state index contributed by atoms with van der Waals surface area (Å²) in [7, 11) is -3.72. The van der Waals surface area contributed by atoms with Crippen LogP contribution in [-0.2, 0) is 16.4 Å². The maximum Gasteiger partial charge on any atom is 0.250 e. The maximum atomic E-state index is 11.7. The molecule has 5 heteroatoms. The van der Waals surface area contributed by atoms with Crippen LogP contribution >= 0.6 is 0 Å². The molecular formula is C28H52O3Si2. The Morgan fingerprint density at radius 3 is 2.09 bits per heavy atom. The average Bonchev–Trinajstić information content (AvgIpc) is 2.66. The van der Waals surface area contributed by atoms with Crippen LogP contribution in [-0.4, -0.2) is 28.3 Å². The van der Waals surface area contributed by atoms with Gasteiger partial charge in [-0.25, -0.2) is 0 Å². The Morgan fingerprint density at radius 2 is 1.58 bits per heavy atom. The van der Waals surface area contributed by atoms with Crippen molar-refractivity contribution < 1.29 is 14.0 Å². The minimum atomic E-state index is -1.87. The fourth-order valence-electron chi connectivity index (χ4n) is 5.82. The Bertz CT molecular complexity index is 758. The average molecular weight is 493 g/mol. The van der Waals surface area contributed by atoms with Gasteiger partial charge in [-0.15, -0.1) is 0 Å². The lowest BCUT2D eigenvalue weighted by Crippen LogP contribution is -2.48. The van der Waals surface area contributed by atoms with Crippen LogP contribution in [0.5, 0.6) is 5.75 Å². The number of hydrogen-bond donors (Lipinski definition) is 1. The van der Waals surface area contributed by atoms with Crippen LogP contribution in [0, 0.1) is 0 Å². The number of aryl methyl sites for hydroxylation is 1. The minimum absolute atomic E-state index is 0.171. The van der Waals surface area contributed by atoms with E-state index in [2.05, 4.69) is 93.6 Å². The summed E-state index contributed by atoms with van der Waals surface area (Å²) in [5.74, 6) is 0.967. The van der Waals surface area contributed by atoms with E-state index in [-0.39, 0.29) is 5.04 Å². The molecule has 2 rings (SSSR count). The predicted octanol–water partition coefficient (Wildman–Crippen LogP) is 8.57. The Kier molecular flexibility index (Phi) is 9.15. The van der Waals surface area contributed by atoms with E-state index < -0.39 is 22.2 Å². The van der Waals surface area contributed by atoms with E-state index in [9.17, 15) is 5.11 Å². The van der Waals surface area contributed by atoms with E-state index in [1.54, 1.807) is 0 Å². The fraction of sp³-hybridized carbons (Fsp3) is 0.786. The van der Waals surface area contributed by atoms with Crippen LogP contribution < -0.4 is 4.43 Å². The molecule has 0 fully saturated rings. The summed E-state index contributed by atoms with van der Waals surface area (Å²) in [4.78, 5) is 0. The van der Waals surface area contributed by atoms with Crippen LogP contribution in [0.15, 0.2) is 18.2 Å². The van der Waals surface area contributed by atoms with E-state index >= 15 is 0 Å². The monoisotopic (exact) mass is 492 g/mol. The number of hydrogen-bond acceptors (Lipinski definition) is 3. The lowest BCUT2D eigenvalue weighted by molar-refractivity contribution is 0.00455. The molecule has 0 saturated heterocycles. The zero-order valence-corrected chi connectivity index (χ0v) is 25.5. The second-order valence-electron chi connectivity index (χ2n) is 12.8. The third-order valence-corrected chi connectivity index (χ3v) is 19.1. The van der Waals surface area contributed by atoms with Crippen molar-refractivity contribution in [1.82, 2.24) is 0 Å². The molecule has 0 amide bonds. The van der Waals surface area contributed by atoms with E-state index in [4.69, 9.17) is 8.85 Å². The van der Waals surface area contributed by atoms with Gasteiger partial charge in [-0.2, -0.15) is 0 Å². The van der Waals surface area contributed by atoms with Crippen LogP contribution in [0.2, 0.25) is 34.8 Å². The van der Waals surface area contributed by atoms with Gasteiger partial charge < -0.3 is 14.0 Å². The predicted molar refractivity (Wildman–Crippen MR) is 147 cm³/mol. The molecule has 1 aromatic carbocycles. The molecule has 1 aliphatic rings. The first-order chi connectivity index (χ1) is 15.1. The molecule has 0 radical (unpaired) electrons. The van der Waals surface area contributed by atoms with Crippen molar-refractivity contribution in [1.29, 1.82) is 0 Å². The van der Waals surface area contributed by atoms with Gasteiger partial charge in [-0.3, -0.25) is 0 Å². The van der Waals surface area contributed by atoms with Gasteiger partial charge >= 0.3 is 0 Å². The maximum absolute atomic E-state index is 11.7. The Hall–Kier alpha value is -0.626. The molecule has 1 atom stereocenters. The summed E-state index contributed by atoms with van der Waals surface area (Å²) in [5, 5.41) is 11.8. The molecule has 0 heterocycles. The molecular weight excluding hydrogens is 440 g/mol. The smallest absolute Gasteiger partial charge is 0.250 e. The lowest BCUT2D eigenvalue weighted by Gasteiger charge is -2.42. The number of rotatable bonds is 10. The molecule has 33 heavy (non-hydrogen) atoms. The SMILES string of the molecule is CC(C)[Si](OCCCC1(O)CCCc2cc(O[Si](C)(C)C(C)(C)C)ccc21)(C(C)C)C(C)C. The topological polar surface area (TPSA) is 38.7 Å². The van der Waals surface area contributed by atoms with Crippen molar-refractivity contribution in [3.8, 4) is 5.75 Å². The van der Waals surface area contributed by atoms with Crippen LogP contribution in [0.1, 0.15) is 99.1 Å². The quantitative estimate of drug-likeness (QED) is 0.262. The standard InChI is InChI=1S/C28H52O3Si2/c1-21(2)33(22(3)4,23(5)6)30-19-13-18-28(29)17-12-14-24-20-25(15-16-26(24)28)31-32(10,11)27(7,8)9/h15-16,20-23,29H,12-14,17-19H2,1-11H3. The van der Waals surface area contributed by atoms with E-state index in [1.165, 1.54) is 5.56 Å². The number of fused-ring (bicyclic) bond motifs is 1. The summed E-state index contributed by atoms with van der Waals surface area (Å²) in [6.07, 6.45) is 4.55. The summed E-state index contributed by atoms with van der Waals surface area (Å²) in [6, 6.07) is 6.41. The van der Waals surface area contributed by atoms with Gasteiger partial charge in [0.1, 0.15) is 5.75 Å². The van der Waals surface area contributed by atoms with Crippen molar-refractivity contribution in [2.45, 2.75) is 135 Å². The number of benzene rings is 1. The highest BCUT2D eigenvalue weighted by Gasteiger charge is 2.45. The molecule has 1 aliphatic carbocycles. The summed E-state index contributed by atoms with van der Waals surface area (Å²) < 4.78 is 13.3. The fourth-order valence-corrected chi connectivity index (χ4v) is 12.3. The highest BCUT2D eigenvalue weighted by atomic mass is 28.4. The first-order valence-corrected chi connectivity index (χ1v) is 18.3. The van der Waals surface area contributed by atoms with Gasteiger partial charge in [-0.1, -0.05) is 68.4 Å². The van der Waals surface area contributed by atoms with Crippen molar-refractivity contribution in [2.75, 3.05) is 6.61 Å². The Labute approximate surface area is 206 Å². The minimum Gasteiger partial charge on any atom is -0.543 e. The third-order valence-electron chi connectivity index (χ3n) is 8.59. The van der Waals surface area contributed by atoms with E-state index in [0.717, 1.165) is 50.0 Å². The van der Waals surface area contributed by atoms with Gasteiger partial charge in [0.2, 0.25) is 8.32 Å². The zero-order valence-electron chi connectivity index (χ0n) is 23.5. The summed E-state index contributed by atoms with van der Waals surface area (Å²) in [5.41, 5.74) is 3.40. The summed E-state index contributed by atoms with van der Waals surface area (Å²) in [6.45, 7) is 26.2. The molecule has 3 nitrogen and oxygen atoms in total. The second-order valence-corrected chi connectivity index (χ2v) is 23.0. The van der Waals surface area contributed by atoms with Crippen molar-refractivity contribution >= 4 is 16.6 Å². The molecule has 0 saturated carbocycles. The molecule has 1 unspecified atom stereocenters. The molecule has 1 N–H and O–H groups in total. The molecule has 0 bridgehead atoms. The highest BCUT2D eigenvalue weighted by Crippen LogP contribution is 2.44. The zero-order chi connectivity index (χ0) is 25.2. The van der Waals surface area contributed by atoms with Gasteiger partial charge in [0.15, 0.2) is 8.32 Å². The van der Waals surface area contributed by atoms with Gasteiger partial charge in [0.05, 0.1) is 5.60 Å². The molecule has 0 aliphatic heterocycles. The third kappa shape index (κ3) is 6.14. The number of aliphatic hydroxyl groups is 1. The Morgan fingerprint density at radius 1 is 1.00 bits per heavy atom. The van der Waals surface area contributed by atoms with Crippen molar-refractivity contribution in [3.63, 3.8) is 0 Å². The normalized spacial score (nSPS) is 20.0. The second kappa shape index (κ2) is 10.6. The van der Waals surface area contributed by atoms with E-state index in [1.807, 2.05) is 0 Å². The van der Waals surface area contributed by atoms with Crippen LogP contribution in [0.25, 0.3) is 0 Å². The summed E-state index contributed by atoms with van der Waals surface area (Å²) >= 11 is 0. The van der Waals surface area contributed by atoms with Crippen molar-refractivity contribution in [2.24, 2.45) is 0 Å². The Balaban J connectivity index is 2.12. The largest absolute Gasteiger partial charge is 0.543 e. The van der Waals surface area contributed by atoms with Gasteiger partial charge in [0, 0.05) is 6.61 Å².